The van der Waals surface area contributed by atoms with E-state index in [1.807, 2.05) is 30.3 Å². The standard InChI is InChI=1S/C15H14ClNO3S/c16-12-9-11-5-1-3-7-14(11)21-17(20)13(10-12)6-2-4-8-15(18)19/h1,3,5,7,9-10H,2,4,6,8H2/p+1/b12-9+,13-10-. The topological polar surface area (TPSA) is 57.4 Å². The zero-order chi connectivity index (χ0) is 15.2. The van der Waals surface area contributed by atoms with Gasteiger partial charge in [-0.05, 0) is 30.5 Å². The highest BCUT2D eigenvalue weighted by Crippen LogP contribution is 2.32. The van der Waals surface area contributed by atoms with Crippen LogP contribution in [0.2, 0.25) is 0 Å². The molecular formula is C15H15ClNO3S+. The van der Waals surface area contributed by atoms with E-state index in [0.717, 1.165) is 26.6 Å². The summed E-state index contributed by atoms with van der Waals surface area (Å²) >= 11 is 7.27. The first-order valence-corrected chi connectivity index (χ1v) is 7.75. The van der Waals surface area contributed by atoms with E-state index >= 15 is 0 Å². The number of benzene rings is 1. The molecule has 6 heteroatoms. The number of nitroso groups, excluding NO2 is 1. The number of carboxylic acid groups (broad SMARTS) is 1. The van der Waals surface area contributed by atoms with Gasteiger partial charge < -0.3 is 5.11 Å². The number of hydrogen-bond donors (Lipinski definition) is 1. The molecule has 21 heavy (non-hydrogen) atoms. The summed E-state index contributed by atoms with van der Waals surface area (Å²) in [7, 11) is 0. The molecule has 0 aliphatic carbocycles. The number of halogens is 1. The van der Waals surface area contributed by atoms with Crippen molar-refractivity contribution in [2.45, 2.75) is 30.6 Å². The van der Waals surface area contributed by atoms with Crippen LogP contribution in [0.3, 0.4) is 0 Å². The number of fused-ring (bicyclic) bond motifs is 1. The third-order valence-electron chi connectivity index (χ3n) is 3.01. The lowest BCUT2D eigenvalue weighted by atomic mass is 10.1. The third kappa shape index (κ3) is 4.72. The molecule has 0 unspecified atom stereocenters. The largest absolute Gasteiger partial charge is 0.481 e. The molecule has 110 valence electrons. The van der Waals surface area contributed by atoms with Crippen molar-refractivity contribution < 1.29 is 14.1 Å². The lowest BCUT2D eigenvalue weighted by molar-refractivity contribution is -0.314. The summed E-state index contributed by atoms with van der Waals surface area (Å²) in [6.07, 6.45) is 5.29. The molecule has 1 aromatic carbocycles. The summed E-state index contributed by atoms with van der Waals surface area (Å²) in [5.74, 6) is -0.818. The molecule has 0 aromatic heterocycles. The Kier molecular flexibility index (Phi) is 5.59. The van der Waals surface area contributed by atoms with Crippen LogP contribution in [0, 0.1) is 4.91 Å². The summed E-state index contributed by atoms with van der Waals surface area (Å²) in [4.78, 5) is 23.5. The predicted molar refractivity (Wildman–Crippen MR) is 83.9 cm³/mol. The normalized spacial score (nSPS) is 19.6. The molecule has 0 amide bonds. The molecule has 1 N–H and O–H groups in total. The maximum Gasteiger partial charge on any atom is 0.303 e. The van der Waals surface area contributed by atoms with Gasteiger partial charge in [-0.1, -0.05) is 29.8 Å². The maximum atomic E-state index is 12.2. The van der Waals surface area contributed by atoms with E-state index in [2.05, 4.69) is 0 Å². The number of nitrogens with zero attached hydrogens (tertiary/aromatic N) is 1. The van der Waals surface area contributed by atoms with Crippen molar-refractivity contribution >= 4 is 35.6 Å². The van der Waals surface area contributed by atoms with Crippen molar-refractivity contribution in [1.29, 1.82) is 0 Å². The fraction of sp³-hybridized carbons (Fsp3) is 0.267. The number of aliphatic carboxylic acids is 1. The second-order valence-corrected chi connectivity index (χ2v) is 6.04. The van der Waals surface area contributed by atoms with Crippen LogP contribution in [-0.4, -0.2) is 15.2 Å². The van der Waals surface area contributed by atoms with Gasteiger partial charge in [-0.25, -0.2) is 0 Å². The Morgan fingerprint density at radius 1 is 1.24 bits per heavy atom. The van der Waals surface area contributed by atoms with Gasteiger partial charge in [0.15, 0.2) is 0 Å². The Balaban J connectivity index is 2.11. The smallest absolute Gasteiger partial charge is 0.303 e. The van der Waals surface area contributed by atoms with E-state index in [9.17, 15) is 9.70 Å². The van der Waals surface area contributed by atoms with Gasteiger partial charge in [0.2, 0.25) is 0 Å². The van der Waals surface area contributed by atoms with Crippen LogP contribution in [0.5, 0.6) is 0 Å². The van der Waals surface area contributed by atoms with Gasteiger partial charge in [0.25, 0.3) is 17.6 Å². The molecule has 2 rings (SSSR count). The molecule has 0 fully saturated rings. The quantitative estimate of drug-likeness (QED) is 0.488. The van der Waals surface area contributed by atoms with Gasteiger partial charge in [0.1, 0.15) is 4.17 Å². The minimum absolute atomic E-state index is 0.117. The number of rotatable bonds is 5. The van der Waals surface area contributed by atoms with Gasteiger partial charge in [-0.15, -0.1) is 0 Å². The zero-order valence-electron chi connectivity index (χ0n) is 11.3. The van der Waals surface area contributed by atoms with E-state index in [0.29, 0.717) is 30.0 Å². The average Bonchev–Trinajstić information content (AvgIpc) is 2.42. The third-order valence-corrected chi connectivity index (χ3v) is 4.19. The van der Waals surface area contributed by atoms with Crippen molar-refractivity contribution in [3.63, 3.8) is 0 Å². The SMILES string of the molecule is O=C(O)CCCC/C1=C/C(Cl)=C\c2ccccc2S[N+]1=O. The number of allylic oxidation sites excluding steroid dienone is 3. The van der Waals surface area contributed by atoms with Crippen LogP contribution < -0.4 is 0 Å². The maximum absolute atomic E-state index is 12.2. The van der Waals surface area contributed by atoms with Crippen molar-refractivity contribution in [2.24, 2.45) is 0 Å². The molecule has 0 atom stereocenters. The molecule has 1 aliphatic heterocycles. The number of hydrogen-bond acceptors (Lipinski definition) is 3. The molecule has 0 radical (unpaired) electrons. The van der Waals surface area contributed by atoms with Gasteiger partial charge in [0.05, 0.1) is 4.90 Å². The van der Waals surface area contributed by atoms with E-state index in [1.54, 1.807) is 6.08 Å². The van der Waals surface area contributed by atoms with Crippen LogP contribution >= 0.6 is 23.5 Å². The first kappa shape index (κ1) is 15.8. The lowest BCUT2D eigenvalue weighted by Crippen LogP contribution is -2.02. The Morgan fingerprint density at radius 3 is 2.76 bits per heavy atom. The molecule has 1 aliphatic rings. The molecule has 0 saturated carbocycles. The van der Waals surface area contributed by atoms with Crippen LogP contribution in [0.4, 0.5) is 0 Å². The molecule has 4 nitrogen and oxygen atoms in total. The molecule has 1 aromatic rings. The first-order valence-electron chi connectivity index (χ1n) is 6.60. The van der Waals surface area contributed by atoms with Crippen LogP contribution in [0.15, 0.2) is 46.0 Å². The Morgan fingerprint density at radius 2 is 2.00 bits per heavy atom. The first-order chi connectivity index (χ1) is 10.1. The second kappa shape index (κ2) is 7.43. The van der Waals surface area contributed by atoms with Crippen molar-refractivity contribution in [1.82, 2.24) is 0 Å². The molecule has 0 spiro atoms. The molecular weight excluding hydrogens is 310 g/mol. The predicted octanol–water partition coefficient (Wildman–Crippen LogP) is 4.59. The Labute approximate surface area is 132 Å². The van der Waals surface area contributed by atoms with Gasteiger partial charge in [-0.2, -0.15) is 0 Å². The minimum atomic E-state index is -0.818. The summed E-state index contributed by atoms with van der Waals surface area (Å²) < 4.78 is 0.856. The Bertz CT molecular complexity index is 625. The highest BCUT2D eigenvalue weighted by molar-refractivity contribution is 7.93. The van der Waals surface area contributed by atoms with Crippen molar-refractivity contribution in [2.75, 3.05) is 0 Å². The van der Waals surface area contributed by atoms with Crippen LogP contribution in [0.1, 0.15) is 31.2 Å². The van der Waals surface area contributed by atoms with Gasteiger partial charge in [0, 0.05) is 28.9 Å². The fourth-order valence-electron chi connectivity index (χ4n) is 1.98. The van der Waals surface area contributed by atoms with E-state index < -0.39 is 5.97 Å². The average molecular weight is 325 g/mol. The summed E-state index contributed by atoms with van der Waals surface area (Å²) in [6.45, 7) is 0. The molecule has 1 heterocycles. The lowest BCUT2D eigenvalue weighted by Gasteiger charge is -2.04. The zero-order valence-corrected chi connectivity index (χ0v) is 12.9. The number of unbranched alkanes of at least 4 members (excludes halogenated alkanes) is 1. The van der Waals surface area contributed by atoms with Gasteiger partial charge >= 0.3 is 5.97 Å². The van der Waals surface area contributed by atoms with Gasteiger partial charge in [-0.3, -0.25) is 4.79 Å². The highest BCUT2D eigenvalue weighted by atomic mass is 35.5. The van der Waals surface area contributed by atoms with E-state index in [-0.39, 0.29) is 6.42 Å². The summed E-state index contributed by atoms with van der Waals surface area (Å²) in [5.41, 5.74) is 1.47. The fourth-order valence-corrected chi connectivity index (χ4v) is 3.03. The van der Waals surface area contributed by atoms with E-state index in [1.165, 1.54) is 0 Å². The second-order valence-electron chi connectivity index (χ2n) is 4.65. The molecule has 0 saturated heterocycles. The van der Waals surface area contributed by atoms with Crippen molar-refractivity contribution in [3.05, 3.63) is 51.5 Å². The van der Waals surface area contributed by atoms with E-state index in [4.69, 9.17) is 16.7 Å². The minimum Gasteiger partial charge on any atom is -0.481 e. The summed E-state index contributed by atoms with van der Waals surface area (Å²) in [5, 5.41) is 9.11. The van der Waals surface area contributed by atoms with Crippen LogP contribution in [-0.2, 0) is 4.79 Å². The monoisotopic (exact) mass is 324 g/mol. The van der Waals surface area contributed by atoms with Crippen LogP contribution in [0.25, 0.3) is 6.08 Å². The summed E-state index contributed by atoms with van der Waals surface area (Å²) in [6, 6.07) is 7.55. The number of carboxylic acids is 1. The highest BCUT2D eigenvalue weighted by Gasteiger charge is 2.24. The Hall–Kier alpha value is -1.59. The molecule has 0 bridgehead atoms. The van der Waals surface area contributed by atoms with Crippen molar-refractivity contribution in [3.8, 4) is 0 Å². The number of carbonyl (C=O) groups is 1.